The molecule has 0 saturated heterocycles. The quantitative estimate of drug-likeness (QED) is 0.210. The van der Waals surface area contributed by atoms with Gasteiger partial charge in [-0.05, 0) is 60.2 Å². The van der Waals surface area contributed by atoms with Gasteiger partial charge in [-0.2, -0.15) is 13.2 Å². The van der Waals surface area contributed by atoms with Crippen molar-refractivity contribution in [1.82, 2.24) is 19.8 Å². The van der Waals surface area contributed by atoms with Gasteiger partial charge in [-0.3, -0.25) is 14.4 Å². The number of aliphatic hydroxyl groups excluding tert-OH is 1. The van der Waals surface area contributed by atoms with Crippen LogP contribution in [0.1, 0.15) is 69.7 Å². The summed E-state index contributed by atoms with van der Waals surface area (Å²) in [6.45, 7) is 4.60. The Morgan fingerprint density at radius 1 is 0.920 bits per heavy atom. The van der Waals surface area contributed by atoms with Crippen LogP contribution in [0.4, 0.5) is 13.2 Å². The molecular weight excluding hydrogens is 673 g/mol. The summed E-state index contributed by atoms with van der Waals surface area (Å²) in [6.07, 6.45) is -3.28. The van der Waals surface area contributed by atoms with Gasteiger partial charge in [0.15, 0.2) is 0 Å². The van der Waals surface area contributed by atoms with Gasteiger partial charge in [0.05, 0.1) is 17.7 Å². The van der Waals surface area contributed by atoms with Crippen LogP contribution >= 0.6 is 0 Å². The number of nitrogens with zero attached hydrogens (tertiary/aromatic N) is 2. The molecule has 10 nitrogen and oxygen atoms in total. The molecular formula is C36H41F3N4O6S. The zero-order valence-electron chi connectivity index (χ0n) is 28.0. The van der Waals surface area contributed by atoms with E-state index >= 15 is 0 Å². The number of rotatable bonds is 15. The fourth-order valence-corrected chi connectivity index (χ4v) is 6.85. The highest BCUT2D eigenvalue weighted by atomic mass is 32.2. The first kappa shape index (κ1) is 38.3. The fraction of sp³-hybridized carbons (Fsp3) is 0.361. The van der Waals surface area contributed by atoms with E-state index < -0.39 is 51.6 Å². The van der Waals surface area contributed by atoms with Gasteiger partial charge in [-0.15, -0.1) is 0 Å². The minimum atomic E-state index is -4.50. The van der Waals surface area contributed by atoms with Gasteiger partial charge in [-0.25, -0.2) is 12.7 Å². The topological polar surface area (TPSA) is 136 Å². The molecule has 0 saturated carbocycles. The number of nitrogens with one attached hydrogen (secondary N) is 2. The molecule has 14 heteroatoms. The van der Waals surface area contributed by atoms with E-state index in [1.54, 1.807) is 29.2 Å². The number of aliphatic hydroxyl groups is 1. The summed E-state index contributed by atoms with van der Waals surface area (Å²) >= 11 is 0. The van der Waals surface area contributed by atoms with Crippen LogP contribution in [0.25, 0.3) is 4.91 Å². The average Bonchev–Trinajstić information content (AvgIpc) is 3.29. The Bertz CT molecular complexity index is 1830. The van der Waals surface area contributed by atoms with Gasteiger partial charge in [0.25, 0.3) is 27.7 Å². The lowest BCUT2D eigenvalue weighted by molar-refractivity contribution is -0.137. The second-order valence-electron chi connectivity index (χ2n) is 12.1. The largest absolute Gasteiger partial charge is 0.416 e. The maximum Gasteiger partial charge on any atom is 0.416 e. The maximum atomic E-state index is 13.9. The number of benzene rings is 3. The molecule has 1 heterocycles. The maximum absolute atomic E-state index is 13.9. The van der Waals surface area contributed by atoms with Crippen LogP contribution in [0, 0.1) is 0 Å². The van der Waals surface area contributed by atoms with E-state index in [9.17, 15) is 41.1 Å². The van der Waals surface area contributed by atoms with Crippen molar-refractivity contribution in [3.8, 4) is 0 Å². The molecule has 3 amide bonds. The molecule has 268 valence electrons. The van der Waals surface area contributed by atoms with Crippen molar-refractivity contribution in [2.24, 2.45) is 0 Å². The molecule has 4 rings (SSSR count). The SMILES string of the molecule is CCCN(CCC)C(=O)c1cc(C(=O)N[C@@H](Cc2ccccc2)[C@H](O)CNCc2cccc(C(F)(F)F)c2)cc(C2=CC(=O)N(C)S2(=O)=O)c1. The highest BCUT2D eigenvalue weighted by Gasteiger charge is 2.36. The molecule has 0 aliphatic carbocycles. The number of likely N-dealkylation sites (N-methyl/N-ethyl adjacent to an activating group) is 1. The molecule has 1 aliphatic rings. The van der Waals surface area contributed by atoms with Gasteiger partial charge < -0.3 is 20.6 Å². The summed E-state index contributed by atoms with van der Waals surface area (Å²) in [5, 5.41) is 17.0. The number of halogens is 3. The molecule has 0 bridgehead atoms. The molecule has 1 aliphatic heterocycles. The monoisotopic (exact) mass is 714 g/mol. The van der Waals surface area contributed by atoms with Crippen LogP contribution in [0.3, 0.4) is 0 Å². The lowest BCUT2D eigenvalue weighted by Gasteiger charge is -2.26. The van der Waals surface area contributed by atoms with E-state index in [0.29, 0.717) is 35.8 Å². The Morgan fingerprint density at radius 2 is 1.56 bits per heavy atom. The van der Waals surface area contributed by atoms with Gasteiger partial charge in [0.1, 0.15) is 4.91 Å². The zero-order chi connectivity index (χ0) is 36.6. The van der Waals surface area contributed by atoms with Gasteiger partial charge in [0.2, 0.25) is 0 Å². The minimum absolute atomic E-state index is 0.0171. The molecule has 0 aromatic heterocycles. The second kappa shape index (κ2) is 16.5. The average molecular weight is 715 g/mol. The van der Waals surface area contributed by atoms with E-state index in [1.165, 1.54) is 30.3 Å². The van der Waals surface area contributed by atoms with E-state index in [2.05, 4.69) is 10.6 Å². The summed E-state index contributed by atoms with van der Waals surface area (Å²) < 4.78 is 66.3. The molecule has 3 N–H and O–H groups in total. The van der Waals surface area contributed by atoms with Crippen molar-refractivity contribution in [3.63, 3.8) is 0 Å². The van der Waals surface area contributed by atoms with Gasteiger partial charge in [-0.1, -0.05) is 62.4 Å². The van der Waals surface area contributed by atoms with Crippen molar-refractivity contribution in [2.75, 3.05) is 26.7 Å². The summed E-state index contributed by atoms with van der Waals surface area (Å²) in [5.74, 6) is -1.91. The smallest absolute Gasteiger partial charge is 0.390 e. The molecule has 0 unspecified atom stereocenters. The first-order chi connectivity index (χ1) is 23.6. The Labute approximate surface area is 290 Å². The molecule has 2 atom stereocenters. The highest BCUT2D eigenvalue weighted by Crippen LogP contribution is 2.32. The normalized spacial score (nSPS) is 15.4. The molecule has 0 spiro atoms. The Hall–Kier alpha value is -4.53. The second-order valence-corrected chi connectivity index (χ2v) is 14.0. The number of hydrogen-bond acceptors (Lipinski definition) is 7. The van der Waals surface area contributed by atoms with Crippen LogP contribution in [0.5, 0.6) is 0 Å². The summed E-state index contributed by atoms with van der Waals surface area (Å²) in [6, 6.07) is 16.9. The van der Waals surface area contributed by atoms with Crippen molar-refractivity contribution < 1.29 is 41.1 Å². The predicted molar refractivity (Wildman–Crippen MR) is 183 cm³/mol. The predicted octanol–water partition coefficient (Wildman–Crippen LogP) is 4.60. The first-order valence-electron chi connectivity index (χ1n) is 16.2. The summed E-state index contributed by atoms with van der Waals surface area (Å²) in [5.41, 5.74) is 0.295. The van der Waals surface area contributed by atoms with Crippen LogP contribution in [0.2, 0.25) is 0 Å². The fourth-order valence-electron chi connectivity index (χ4n) is 5.60. The van der Waals surface area contributed by atoms with E-state index in [0.717, 1.165) is 30.8 Å². The van der Waals surface area contributed by atoms with Crippen LogP contribution in [0.15, 0.2) is 78.9 Å². The minimum Gasteiger partial charge on any atom is -0.390 e. The van der Waals surface area contributed by atoms with Crippen LogP contribution < -0.4 is 10.6 Å². The Balaban J connectivity index is 1.64. The molecule has 3 aromatic carbocycles. The number of carbonyl (C=O) groups excluding carboxylic acids is 3. The van der Waals surface area contributed by atoms with E-state index in [-0.39, 0.29) is 41.1 Å². The van der Waals surface area contributed by atoms with Gasteiger partial charge in [0, 0.05) is 50.4 Å². The van der Waals surface area contributed by atoms with Crippen molar-refractivity contribution in [3.05, 3.63) is 112 Å². The number of hydrogen-bond donors (Lipinski definition) is 3. The van der Waals surface area contributed by atoms with Crippen LogP contribution in [-0.4, -0.2) is 79.3 Å². The van der Waals surface area contributed by atoms with Gasteiger partial charge >= 0.3 is 6.18 Å². The summed E-state index contributed by atoms with van der Waals surface area (Å²) in [7, 11) is -3.12. The standard InChI is InChI=1S/C36H41F3N4O6S/c1-4-14-43(15-5-2)35(47)28-19-26(32-21-33(45)42(3)50(32,48)49)18-27(20-28)34(46)41-30(17-24-10-7-6-8-11-24)31(44)23-40-22-25-12-9-13-29(16-25)36(37,38)39/h6-13,16,18-21,30-31,40,44H,4-5,14-15,17,22-23H2,1-3H3,(H,41,46)/t30-,31+/m0/s1. The number of alkyl halides is 3. The van der Waals surface area contributed by atoms with Crippen LogP contribution in [-0.2, 0) is 34.0 Å². The number of carbonyl (C=O) groups is 3. The third-order valence-electron chi connectivity index (χ3n) is 8.22. The zero-order valence-corrected chi connectivity index (χ0v) is 28.9. The van der Waals surface area contributed by atoms with Crippen molar-refractivity contribution in [1.29, 1.82) is 0 Å². The lowest BCUT2D eigenvalue weighted by Crippen LogP contribution is -2.48. The van der Waals surface area contributed by atoms with Crippen molar-refractivity contribution >= 4 is 32.6 Å². The summed E-state index contributed by atoms with van der Waals surface area (Å²) in [4.78, 5) is 41.2. The van der Waals surface area contributed by atoms with Crippen molar-refractivity contribution in [2.45, 2.75) is 58.0 Å². The highest BCUT2D eigenvalue weighted by molar-refractivity contribution is 7.99. The molecule has 50 heavy (non-hydrogen) atoms. The first-order valence-corrected chi connectivity index (χ1v) is 17.7. The lowest BCUT2D eigenvalue weighted by atomic mass is 9.99. The number of amides is 3. The third-order valence-corrected chi connectivity index (χ3v) is 10.0. The molecule has 0 radical (unpaired) electrons. The molecule has 0 fully saturated rings. The Kier molecular flexibility index (Phi) is 12.6. The third kappa shape index (κ3) is 9.37. The Morgan fingerprint density at radius 3 is 2.16 bits per heavy atom. The van der Waals surface area contributed by atoms with E-state index in [4.69, 9.17) is 0 Å². The van der Waals surface area contributed by atoms with E-state index in [1.807, 2.05) is 19.9 Å². The molecule has 3 aromatic rings. The number of sulfonamides is 1.